The standard InChI is InChI=1S/C12H25N3O2S2/c1-5-19(16,17)9-6-14-11(13-4)15-7-8-18-12(2,3)10-15/h5-10H2,1-4H3,(H,13,14). The third kappa shape index (κ3) is 5.60. The third-order valence-electron chi connectivity index (χ3n) is 3.07. The molecule has 19 heavy (non-hydrogen) atoms. The Balaban J connectivity index is 2.51. The average molecular weight is 307 g/mol. The van der Waals surface area contributed by atoms with Crippen molar-refractivity contribution >= 4 is 27.6 Å². The number of hydrogen-bond donors (Lipinski definition) is 1. The summed E-state index contributed by atoms with van der Waals surface area (Å²) in [6.45, 7) is 8.42. The molecule has 1 saturated heterocycles. The van der Waals surface area contributed by atoms with Gasteiger partial charge in [0.25, 0.3) is 0 Å². The zero-order chi connectivity index (χ0) is 14.5. The van der Waals surface area contributed by atoms with Crippen LogP contribution in [0.15, 0.2) is 4.99 Å². The highest BCUT2D eigenvalue weighted by molar-refractivity contribution is 8.00. The highest BCUT2D eigenvalue weighted by Gasteiger charge is 2.28. The molecule has 0 atom stereocenters. The van der Waals surface area contributed by atoms with Crippen molar-refractivity contribution in [2.24, 2.45) is 4.99 Å². The first-order chi connectivity index (χ1) is 8.79. The fourth-order valence-corrected chi connectivity index (χ4v) is 3.81. The molecule has 0 aromatic heterocycles. The Morgan fingerprint density at radius 1 is 1.47 bits per heavy atom. The molecule has 1 aliphatic rings. The van der Waals surface area contributed by atoms with Gasteiger partial charge >= 0.3 is 0 Å². The fraction of sp³-hybridized carbons (Fsp3) is 0.917. The van der Waals surface area contributed by atoms with Gasteiger partial charge in [-0.1, -0.05) is 6.92 Å². The van der Waals surface area contributed by atoms with Gasteiger partial charge in [-0.3, -0.25) is 4.99 Å². The second-order valence-corrected chi connectivity index (χ2v) is 9.51. The summed E-state index contributed by atoms with van der Waals surface area (Å²) in [7, 11) is -1.18. The van der Waals surface area contributed by atoms with Crippen LogP contribution in [0.3, 0.4) is 0 Å². The zero-order valence-corrected chi connectivity index (χ0v) is 13.9. The van der Waals surface area contributed by atoms with Gasteiger partial charge in [0.2, 0.25) is 0 Å². The summed E-state index contributed by atoms with van der Waals surface area (Å²) >= 11 is 1.96. The van der Waals surface area contributed by atoms with E-state index in [4.69, 9.17) is 0 Å². The lowest BCUT2D eigenvalue weighted by Gasteiger charge is -2.39. The number of aliphatic imine (C=N–C) groups is 1. The Morgan fingerprint density at radius 3 is 2.68 bits per heavy atom. The Kier molecular flexibility index (Phi) is 5.98. The number of hydrogen-bond acceptors (Lipinski definition) is 4. The predicted octanol–water partition coefficient (Wildman–Crippen LogP) is 0.824. The summed E-state index contributed by atoms with van der Waals surface area (Å²) in [5.41, 5.74) is 0. The second-order valence-electron chi connectivity index (χ2n) is 5.24. The topological polar surface area (TPSA) is 61.8 Å². The minimum atomic E-state index is -2.92. The molecule has 7 heteroatoms. The van der Waals surface area contributed by atoms with Crippen molar-refractivity contribution in [1.82, 2.24) is 10.2 Å². The number of nitrogens with zero attached hydrogens (tertiary/aromatic N) is 2. The van der Waals surface area contributed by atoms with Gasteiger partial charge in [-0.25, -0.2) is 8.42 Å². The highest BCUT2D eigenvalue weighted by atomic mass is 32.2. The van der Waals surface area contributed by atoms with Crippen LogP contribution in [0.4, 0.5) is 0 Å². The van der Waals surface area contributed by atoms with E-state index in [1.54, 1.807) is 14.0 Å². The lowest BCUT2D eigenvalue weighted by molar-refractivity contribution is 0.377. The van der Waals surface area contributed by atoms with Gasteiger partial charge in [0.15, 0.2) is 15.8 Å². The summed E-state index contributed by atoms with van der Waals surface area (Å²) in [4.78, 5) is 6.45. The van der Waals surface area contributed by atoms with Crippen LogP contribution in [-0.2, 0) is 9.84 Å². The highest BCUT2D eigenvalue weighted by Crippen LogP contribution is 2.29. The molecule has 1 aliphatic heterocycles. The van der Waals surface area contributed by atoms with Gasteiger partial charge in [-0.15, -0.1) is 0 Å². The van der Waals surface area contributed by atoms with Crippen molar-refractivity contribution in [3.8, 4) is 0 Å². The van der Waals surface area contributed by atoms with Crippen molar-refractivity contribution < 1.29 is 8.42 Å². The van der Waals surface area contributed by atoms with Gasteiger partial charge in [0.05, 0.1) is 5.75 Å². The molecule has 0 unspecified atom stereocenters. The SMILES string of the molecule is CCS(=O)(=O)CCNC(=NC)N1CCSC(C)(C)C1. The van der Waals surface area contributed by atoms with Crippen molar-refractivity contribution in [2.75, 3.05) is 43.9 Å². The minimum Gasteiger partial charge on any atom is -0.355 e. The van der Waals surface area contributed by atoms with Gasteiger partial charge in [-0.2, -0.15) is 11.8 Å². The van der Waals surface area contributed by atoms with E-state index in [9.17, 15) is 8.42 Å². The molecule has 1 N–H and O–H groups in total. The number of sulfone groups is 1. The van der Waals surface area contributed by atoms with Gasteiger partial charge < -0.3 is 10.2 Å². The van der Waals surface area contributed by atoms with Crippen LogP contribution in [0.2, 0.25) is 0 Å². The minimum absolute atomic E-state index is 0.161. The van der Waals surface area contributed by atoms with E-state index in [1.807, 2.05) is 11.8 Å². The van der Waals surface area contributed by atoms with Crippen molar-refractivity contribution in [3.63, 3.8) is 0 Å². The average Bonchev–Trinajstić information content (AvgIpc) is 2.33. The number of nitrogens with one attached hydrogen (secondary N) is 1. The largest absolute Gasteiger partial charge is 0.355 e. The summed E-state index contributed by atoms with van der Waals surface area (Å²) in [6.07, 6.45) is 0. The number of rotatable bonds is 4. The molecule has 1 heterocycles. The van der Waals surface area contributed by atoms with Crippen molar-refractivity contribution in [2.45, 2.75) is 25.5 Å². The first kappa shape index (κ1) is 16.6. The molecule has 0 aliphatic carbocycles. The fourth-order valence-electron chi connectivity index (χ4n) is 1.99. The zero-order valence-electron chi connectivity index (χ0n) is 12.3. The smallest absolute Gasteiger partial charge is 0.193 e. The van der Waals surface area contributed by atoms with E-state index in [0.717, 1.165) is 24.8 Å². The lowest BCUT2D eigenvalue weighted by atomic mass is 10.2. The summed E-state index contributed by atoms with van der Waals surface area (Å²) < 4.78 is 23.1. The molecule has 0 aromatic rings. The maximum atomic E-state index is 11.5. The van der Waals surface area contributed by atoms with Crippen LogP contribution in [-0.4, -0.2) is 68.0 Å². The van der Waals surface area contributed by atoms with Crippen LogP contribution >= 0.6 is 11.8 Å². The van der Waals surface area contributed by atoms with E-state index in [-0.39, 0.29) is 16.3 Å². The first-order valence-electron chi connectivity index (χ1n) is 6.59. The van der Waals surface area contributed by atoms with Crippen LogP contribution in [0.25, 0.3) is 0 Å². The molecule has 0 amide bonds. The molecule has 112 valence electrons. The summed E-state index contributed by atoms with van der Waals surface area (Å²) in [6, 6.07) is 0. The Labute approximate surface area is 121 Å². The normalized spacial score (nSPS) is 20.4. The van der Waals surface area contributed by atoms with E-state index < -0.39 is 9.84 Å². The monoisotopic (exact) mass is 307 g/mol. The van der Waals surface area contributed by atoms with Crippen LogP contribution in [0.1, 0.15) is 20.8 Å². The van der Waals surface area contributed by atoms with Crippen molar-refractivity contribution in [3.05, 3.63) is 0 Å². The Morgan fingerprint density at radius 2 is 2.16 bits per heavy atom. The number of thioether (sulfide) groups is 1. The number of guanidine groups is 1. The Bertz CT molecular complexity index is 419. The predicted molar refractivity (Wildman–Crippen MR) is 83.8 cm³/mol. The molecule has 1 rings (SSSR count). The molecule has 0 bridgehead atoms. The van der Waals surface area contributed by atoms with E-state index in [2.05, 4.69) is 29.1 Å². The second kappa shape index (κ2) is 6.83. The summed E-state index contributed by atoms with van der Waals surface area (Å²) in [5.74, 6) is 2.23. The maximum absolute atomic E-state index is 11.5. The molecule has 5 nitrogen and oxygen atoms in total. The quantitative estimate of drug-likeness (QED) is 0.615. The Hall–Kier alpha value is -0.430. The van der Waals surface area contributed by atoms with Crippen LogP contribution < -0.4 is 5.32 Å². The molecule has 0 saturated carbocycles. The van der Waals surface area contributed by atoms with E-state index in [1.165, 1.54) is 0 Å². The third-order valence-corrected chi connectivity index (χ3v) is 6.08. The lowest BCUT2D eigenvalue weighted by Crippen LogP contribution is -2.51. The van der Waals surface area contributed by atoms with E-state index in [0.29, 0.717) is 6.54 Å². The van der Waals surface area contributed by atoms with E-state index >= 15 is 0 Å². The van der Waals surface area contributed by atoms with Crippen LogP contribution in [0.5, 0.6) is 0 Å². The molecular weight excluding hydrogens is 282 g/mol. The van der Waals surface area contributed by atoms with Crippen molar-refractivity contribution in [1.29, 1.82) is 0 Å². The molecule has 0 aromatic carbocycles. The van der Waals surface area contributed by atoms with Gasteiger partial charge in [0.1, 0.15) is 0 Å². The van der Waals surface area contributed by atoms with Gasteiger partial charge in [0, 0.05) is 42.9 Å². The first-order valence-corrected chi connectivity index (χ1v) is 9.40. The van der Waals surface area contributed by atoms with Gasteiger partial charge in [-0.05, 0) is 13.8 Å². The molecule has 0 radical (unpaired) electrons. The molecule has 1 fully saturated rings. The molecule has 0 spiro atoms. The molecular formula is C12H25N3O2S2. The van der Waals surface area contributed by atoms with Crippen LogP contribution in [0, 0.1) is 0 Å². The summed E-state index contributed by atoms with van der Waals surface area (Å²) in [5, 5.41) is 3.15. The maximum Gasteiger partial charge on any atom is 0.193 e.